The third kappa shape index (κ3) is 8.76. The molecule has 2 amide bonds. The van der Waals surface area contributed by atoms with Gasteiger partial charge in [0.1, 0.15) is 5.56 Å². The summed E-state index contributed by atoms with van der Waals surface area (Å²) in [6.45, 7) is 4.49. The van der Waals surface area contributed by atoms with E-state index < -0.39 is 88.4 Å². The van der Waals surface area contributed by atoms with Crippen molar-refractivity contribution >= 4 is 46.7 Å². The molecule has 0 aliphatic heterocycles. The van der Waals surface area contributed by atoms with Crippen LogP contribution in [0.5, 0.6) is 5.75 Å². The van der Waals surface area contributed by atoms with Gasteiger partial charge in [0.15, 0.2) is 17.0 Å². The first-order valence-electron chi connectivity index (χ1n) is 16.4. The van der Waals surface area contributed by atoms with Crippen LogP contribution >= 0.6 is 11.3 Å². The average Bonchev–Trinajstić information content (AvgIpc) is 3.65. The van der Waals surface area contributed by atoms with Crippen LogP contribution in [0.25, 0.3) is 11.1 Å². The SMILES string of the molecule is CCOC(=O)C(CCC(=O)Oc1c(F)cc(NC(=O)c2ccc(C)cc2-c2ccc(C(F)(F)F)cc2)c(C(=O)N(C)C)c1F)(C(=O)OCC)c1cccs1. The van der Waals surface area contributed by atoms with Crippen molar-refractivity contribution < 1.29 is 60.1 Å². The van der Waals surface area contributed by atoms with Gasteiger partial charge < -0.3 is 24.4 Å². The lowest BCUT2D eigenvalue weighted by molar-refractivity contribution is -0.165. The quantitative estimate of drug-likeness (QED) is 0.0633. The number of benzene rings is 3. The van der Waals surface area contributed by atoms with Gasteiger partial charge in [-0.05, 0) is 68.0 Å². The molecule has 1 aromatic heterocycles. The number of halogens is 5. The van der Waals surface area contributed by atoms with E-state index in [1.165, 1.54) is 64.3 Å². The lowest BCUT2D eigenvalue weighted by Crippen LogP contribution is -2.46. The number of nitrogens with zero attached hydrogens (tertiary/aromatic N) is 1. The molecular weight excluding hydrogens is 739 g/mol. The number of carbonyl (C=O) groups is 5. The fourth-order valence-corrected chi connectivity index (χ4v) is 6.38. The van der Waals surface area contributed by atoms with Crippen LogP contribution in [-0.2, 0) is 35.4 Å². The number of hydrogen-bond donors (Lipinski definition) is 1. The van der Waals surface area contributed by atoms with Gasteiger partial charge in [-0.1, -0.05) is 35.9 Å². The van der Waals surface area contributed by atoms with E-state index in [1.54, 1.807) is 18.4 Å². The largest absolute Gasteiger partial charge is 0.465 e. The molecule has 0 saturated heterocycles. The fourth-order valence-electron chi connectivity index (χ4n) is 5.45. The predicted octanol–water partition coefficient (Wildman–Crippen LogP) is 7.72. The maximum atomic E-state index is 16.1. The Morgan fingerprint density at radius 2 is 1.50 bits per heavy atom. The topological polar surface area (TPSA) is 128 Å². The number of carbonyl (C=O) groups excluding carboxylic acids is 5. The highest BCUT2D eigenvalue weighted by Crippen LogP contribution is 2.38. The number of anilines is 1. The zero-order valence-electron chi connectivity index (χ0n) is 29.7. The monoisotopic (exact) mass is 774 g/mol. The summed E-state index contributed by atoms with van der Waals surface area (Å²) in [7, 11) is 2.50. The summed E-state index contributed by atoms with van der Waals surface area (Å²) < 4.78 is 86.7. The van der Waals surface area contributed by atoms with Crippen molar-refractivity contribution in [1.82, 2.24) is 4.90 Å². The Morgan fingerprint density at radius 3 is 2.04 bits per heavy atom. The Labute approximate surface area is 310 Å². The first-order chi connectivity index (χ1) is 25.5. The molecule has 0 fully saturated rings. The molecule has 0 spiro atoms. The standard InChI is InChI=1S/C38H35F5N2O8S/c1-6-51-35(49)37(36(50)52-7-2,28-9-8-18-54-28)17-16-29(46)53-32-26(39)20-27(30(31(32)40)34(48)45(4)5)44-33(47)24-15-10-21(3)19-25(24)22-11-13-23(14-12-22)38(41,42)43/h8-15,18-20H,6-7,16-17H2,1-5H3,(H,44,47). The molecule has 4 aromatic rings. The number of esters is 3. The van der Waals surface area contributed by atoms with Gasteiger partial charge in [0.05, 0.1) is 24.5 Å². The molecule has 0 aliphatic carbocycles. The van der Waals surface area contributed by atoms with Crippen molar-refractivity contribution in [1.29, 1.82) is 0 Å². The second-order valence-electron chi connectivity index (χ2n) is 12.0. The minimum Gasteiger partial charge on any atom is -0.465 e. The van der Waals surface area contributed by atoms with E-state index in [2.05, 4.69) is 5.32 Å². The second-order valence-corrected chi connectivity index (χ2v) is 12.9. The summed E-state index contributed by atoms with van der Waals surface area (Å²) in [5.74, 6) is -9.78. The third-order valence-corrected chi connectivity index (χ3v) is 9.13. The molecule has 0 saturated carbocycles. The zero-order chi connectivity index (χ0) is 40.0. The van der Waals surface area contributed by atoms with E-state index in [0.717, 1.165) is 28.4 Å². The first-order valence-corrected chi connectivity index (χ1v) is 17.3. The number of nitrogens with one attached hydrogen (secondary N) is 1. The number of hydrogen-bond acceptors (Lipinski definition) is 9. The molecule has 1 heterocycles. The number of rotatable bonds is 13. The van der Waals surface area contributed by atoms with Crippen molar-refractivity contribution in [2.75, 3.05) is 32.6 Å². The van der Waals surface area contributed by atoms with Crippen LogP contribution in [0.4, 0.5) is 27.6 Å². The van der Waals surface area contributed by atoms with Gasteiger partial charge in [-0.2, -0.15) is 13.2 Å². The highest BCUT2D eigenvalue weighted by Gasteiger charge is 2.51. The molecule has 4 rings (SSSR count). The normalized spacial score (nSPS) is 11.4. The van der Waals surface area contributed by atoms with Crippen LogP contribution < -0.4 is 10.1 Å². The Kier molecular flexibility index (Phi) is 13.0. The number of aryl methyl sites for hydroxylation is 1. The number of amides is 2. The predicted molar refractivity (Wildman–Crippen MR) is 188 cm³/mol. The Balaban J connectivity index is 1.69. The van der Waals surface area contributed by atoms with E-state index in [9.17, 15) is 37.1 Å². The highest BCUT2D eigenvalue weighted by molar-refractivity contribution is 7.10. The van der Waals surface area contributed by atoms with E-state index in [0.29, 0.717) is 11.6 Å². The van der Waals surface area contributed by atoms with E-state index in [1.807, 2.05) is 0 Å². The van der Waals surface area contributed by atoms with Crippen molar-refractivity contribution in [2.24, 2.45) is 0 Å². The third-order valence-electron chi connectivity index (χ3n) is 8.10. The summed E-state index contributed by atoms with van der Waals surface area (Å²) in [4.78, 5) is 67.6. The maximum absolute atomic E-state index is 16.1. The van der Waals surface area contributed by atoms with Crippen LogP contribution in [0, 0.1) is 18.6 Å². The van der Waals surface area contributed by atoms with E-state index >= 15 is 8.78 Å². The minimum atomic E-state index is -4.60. The Morgan fingerprint density at radius 1 is 0.870 bits per heavy atom. The van der Waals surface area contributed by atoms with Crippen molar-refractivity contribution in [2.45, 2.75) is 45.2 Å². The molecule has 0 radical (unpaired) electrons. The molecule has 1 N–H and O–H groups in total. The van der Waals surface area contributed by atoms with Gasteiger partial charge >= 0.3 is 24.1 Å². The molecule has 0 atom stereocenters. The fraction of sp³-hybridized carbons (Fsp3) is 0.289. The lowest BCUT2D eigenvalue weighted by Gasteiger charge is -2.28. The van der Waals surface area contributed by atoms with Crippen LogP contribution in [0.1, 0.15) is 63.4 Å². The highest BCUT2D eigenvalue weighted by atomic mass is 32.1. The summed E-state index contributed by atoms with van der Waals surface area (Å²) in [5.41, 5.74) is -3.58. The average molecular weight is 775 g/mol. The Hall–Kier alpha value is -5.64. The lowest BCUT2D eigenvalue weighted by atomic mass is 9.81. The van der Waals surface area contributed by atoms with Gasteiger partial charge in [-0.15, -0.1) is 11.3 Å². The van der Waals surface area contributed by atoms with Crippen LogP contribution in [0.2, 0.25) is 0 Å². The number of alkyl halides is 3. The van der Waals surface area contributed by atoms with Crippen molar-refractivity contribution in [3.63, 3.8) is 0 Å². The maximum Gasteiger partial charge on any atom is 0.416 e. The van der Waals surface area contributed by atoms with Crippen LogP contribution in [0.3, 0.4) is 0 Å². The first kappa shape index (κ1) is 41.1. The molecular formula is C38H35F5N2O8S. The molecule has 10 nitrogen and oxygen atoms in total. The smallest absolute Gasteiger partial charge is 0.416 e. The minimum absolute atomic E-state index is 0.0997. The van der Waals surface area contributed by atoms with E-state index in [-0.39, 0.29) is 34.8 Å². The van der Waals surface area contributed by atoms with Gasteiger partial charge in [0.2, 0.25) is 5.75 Å². The van der Waals surface area contributed by atoms with Crippen molar-refractivity contribution in [3.05, 3.63) is 105 Å². The van der Waals surface area contributed by atoms with Crippen LogP contribution in [-0.4, -0.2) is 61.9 Å². The van der Waals surface area contributed by atoms with E-state index in [4.69, 9.17) is 14.2 Å². The van der Waals surface area contributed by atoms with Gasteiger partial charge in [0.25, 0.3) is 11.8 Å². The molecule has 0 aliphatic rings. The molecule has 0 bridgehead atoms. The summed E-state index contributed by atoms with van der Waals surface area (Å²) in [5, 5.41) is 3.90. The summed E-state index contributed by atoms with van der Waals surface area (Å²) >= 11 is 1.02. The van der Waals surface area contributed by atoms with Crippen LogP contribution in [0.15, 0.2) is 66.0 Å². The molecule has 16 heteroatoms. The summed E-state index contributed by atoms with van der Waals surface area (Å²) in [6.07, 6.45) is -5.91. The molecule has 0 unspecified atom stereocenters. The van der Waals surface area contributed by atoms with Gasteiger partial charge in [-0.25, -0.2) is 8.78 Å². The summed E-state index contributed by atoms with van der Waals surface area (Å²) in [6, 6.07) is 12.0. The molecule has 3 aromatic carbocycles. The Bertz CT molecular complexity index is 2030. The molecule has 286 valence electrons. The number of ether oxygens (including phenoxy) is 3. The number of thiophene rings is 1. The van der Waals surface area contributed by atoms with Crippen molar-refractivity contribution in [3.8, 4) is 16.9 Å². The van der Waals surface area contributed by atoms with Gasteiger partial charge in [-0.3, -0.25) is 24.0 Å². The van der Waals surface area contributed by atoms with Gasteiger partial charge in [0, 0.05) is 37.0 Å². The second kappa shape index (κ2) is 17.0. The zero-order valence-corrected chi connectivity index (χ0v) is 30.5. The molecule has 54 heavy (non-hydrogen) atoms.